The molecule has 0 N–H and O–H groups in total. The summed E-state index contributed by atoms with van der Waals surface area (Å²) in [7, 11) is 0. The summed E-state index contributed by atoms with van der Waals surface area (Å²) in [6.45, 7) is 0. The number of hydrogen-bond acceptors (Lipinski definition) is 2. The first-order valence-electron chi connectivity index (χ1n) is 16.3. The molecule has 48 heavy (non-hydrogen) atoms. The first kappa shape index (κ1) is 27.1. The molecule has 0 saturated carbocycles. The molecule has 3 heteroatoms. The van der Waals surface area contributed by atoms with Gasteiger partial charge in [-0.05, 0) is 86.3 Å². The van der Waals surface area contributed by atoms with Gasteiger partial charge in [0.1, 0.15) is 5.82 Å². The van der Waals surface area contributed by atoms with Crippen LogP contribution in [0.1, 0.15) is 0 Å². The number of fused-ring (bicyclic) bond motifs is 6. The normalized spacial score (nSPS) is 11.8. The Morgan fingerprint density at radius 2 is 1.02 bits per heavy atom. The van der Waals surface area contributed by atoms with Gasteiger partial charge in [0, 0.05) is 31.4 Å². The van der Waals surface area contributed by atoms with E-state index >= 15 is 0 Å². The third kappa shape index (κ3) is 4.08. The highest BCUT2D eigenvalue weighted by atomic mass is 32.1. The van der Waals surface area contributed by atoms with Gasteiger partial charge in [-0.3, -0.25) is 4.57 Å². The molecule has 0 radical (unpaired) electrons. The van der Waals surface area contributed by atoms with Gasteiger partial charge in [0.2, 0.25) is 0 Å². The van der Waals surface area contributed by atoms with Gasteiger partial charge in [0.25, 0.3) is 0 Å². The molecule has 0 saturated heterocycles. The summed E-state index contributed by atoms with van der Waals surface area (Å²) in [6.07, 6.45) is 0. The van der Waals surface area contributed by atoms with E-state index in [1.807, 2.05) is 11.3 Å². The Labute approximate surface area is 281 Å². The largest absolute Gasteiger partial charge is 0.292 e. The quantitative estimate of drug-likeness (QED) is 0.177. The van der Waals surface area contributed by atoms with Crippen LogP contribution < -0.4 is 0 Å². The van der Waals surface area contributed by atoms with Crippen molar-refractivity contribution < 1.29 is 0 Å². The Bertz CT molecular complexity index is 2780. The number of benzene rings is 8. The molecular weight excluding hydrogens is 601 g/mol. The number of aromatic nitrogens is 2. The summed E-state index contributed by atoms with van der Waals surface area (Å²) >= 11 is 1.87. The summed E-state index contributed by atoms with van der Waals surface area (Å²) in [6, 6.07) is 61.3. The van der Waals surface area contributed by atoms with Crippen LogP contribution in [0.25, 0.3) is 92.1 Å². The van der Waals surface area contributed by atoms with Crippen LogP contribution in [0.2, 0.25) is 0 Å². The Balaban J connectivity index is 1.26. The maximum absolute atomic E-state index is 5.19. The topological polar surface area (TPSA) is 17.8 Å². The SMILES string of the molecule is c1ccc(-n2c(-c3cccc(-c4c5ccccc5c(-c5cccc6sc7ccccc7c56)c5ccccc45)c3)nc3ccccc32)cc1. The number of rotatable bonds is 4. The monoisotopic (exact) mass is 628 g/mol. The molecule has 0 aliphatic rings. The van der Waals surface area contributed by atoms with Crippen LogP contribution in [0.15, 0.2) is 170 Å². The van der Waals surface area contributed by atoms with Crippen LogP contribution in [-0.4, -0.2) is 9.55 Å². The standard InChI is InChI=1S/C45H28N2S/c1-2-16-31(17-3-1)47-39-25-10-9-24-38(39)46-45(47)30-15-12-14-29(28-30)42-32-18-4-6-20-34(32)43(35-21-7-5-19-33(35)42)37-23-13-27-41-44(37)36-22-8-11-26-40(36)48-41/h1-28H. The minimum atomic E-state index is 0.936. The number of thiophene rings is 1. The summed E-state index contributed by atoms with van der Waals surface area (Å²) in [5.41, 5.74) is 9.27. The number of para-hydroxylation sites is 3. The first-order valence-corrected chi connectivity index (χ1v) is 17.1. The Morgan fingerprint density at radius 3 is 1.79 bits per heavy atom. The lowest BCUT2D eigenvalue weighted by Gasteiger charge is -2.19. The van der Waals surface area contributed by atoms with Crippen molar-refractivity contribution in [3.63, 3.8) is 0 Å². The van der Waals surface area contributed by atoms with E-state index < -0.39 is 0 Å². The smallest absolute Gasteiger partial charge is 0.145 e. The van der Waals surface area contributed by atoms with Gasteiger partial charge in [-0.15, -0.1) is 11.3 Å². The number of nitrogens with zero attached hydrogens (tertiary/aromatic N) is 2. The molecule has 10 aromatic rings. The van der Waals surface area contributed by atoms with E-state index in [0.29, 0.717) is 0 Å². The van der Waals surface area contributed by atoms with Crippen molar-refractivity contribution in [1.82, 2.24) is 9.55 Å². The maximum Gasteiger partial charge on any atom is 0.145 e. The summed E-state index contributed by atoms with van der Waals surface area (Å²) in [5, 5.41) is 7.67. The van der Waals surface area contributed by atoms with E-state index in [-0.39, 0.29) is 0 Å². The van der Waals surface area contributed by atoms with Gasteiger partial charge >= 0.3 is 0 Å². The molecule has 0 bridgehead atoms. The van der Waals surface area contributed by atoms with Crippen LogP contribution in [0.3, 0.4) is 0 Å². The van der Waals surface area contributed by atoms with Crippen molar-refractivity contribution in [2.75, 3.05) is 0 Å². The van der Waals surface area contributed by atoms with Gasteiger partial charge in [-0.1, -0.05) is 127 Å². The fourth-order valence-corrected chi connectivity index (χ4v) is 8.72. The molecule has 10 rings (SSSR count). The van der Waals surface area contributed by atoms with Crippen molar-refractivity contribution in [3.05, 3.63) is 170 Å². The molecule has 0 unspecified atom stereocenters. The molecule has 224 valence electrons. The van der Waals surface area contributed by atoms with Gasteiger partial charge in [0.15, 0.2) is 0 Å². The van der Waals surface area contributed by atoms with Gasteiger partial charge in [0.05, 0.1) is 11.0 Å². The highest BCUT2D eigenvalue weighted by molar-refractivity contribution is 7.25. The van der Waals surface area contributed by atoms with Crippen molar-refractivity contribution in [1.29, 1.82) is 0 Å². The number of imidazole rings is 1. The van der Waals surface area contributed by atoms with Crippen molar-refractivity contribution in [2.24, 2.45) is 0 Å². The van der Waals surface area contributed by atoms with Crippen LogP contribution in [0, 0.1) is 0 Å². The van der Waals surface area contributed by atoms with E-state index in [9.17, 15) is 0 Å². The zero-order valence-electron chi connectivity index (χ0n) is 26.0. The number of hydrogen-bond donors (Lipinski definition) is 0. The second-order valence-electron chi connectivity index (χ2n) is 12.3. The Morgan fingerprint density at radius 1 is 0.438 bits per heavy atom. The average molecular weight is 629 g/mol. The zero-order chi connectivity index (χ0) is 31.6. The lowest BCUT2D eigenvalue weighted by atomic mass is 9.84. The van der Waals surface area contributed by atoms with Crippen molar-refractivity contribution in [3.8, 4) is 39.3 Å². The molecular formula is C45H28N2S. The molecule has 0 amide bonds. The highest BCUT2D eigenvalue weighted by Crippen LogP contribution is 2.48. The molecule has 0 spiro atoms. The average Bonchev–Trinajstić information content (AvgIpc) is 3.73. The summed E-state index contributed by atoms with van der Waals surface area (Å²) in [5.74, 6) is 0.936. The Hall–Kier alpha value is -6.03. The van der Waals surface area contributed by atoms with E-state index in [2.05, 4.69) is 174 Å². The fourth-order valence-electron chi connectivity index (χ4n) is 7.58. The minimum Gasteiger partial charge on any atom is -0.292 e. The minimum absolute atomic E-state index is 0.936. The summed E-state index contributed by atoms with van der Waals surface area (Å²) in [4.78, 5) is 5.19. The van der Waals surface area contributed by atoms with E-state index in [1.54, 1.807) is 0 Å². The van der Waals surface area contributed by atoms with Crippen molar-refractivity contribution >= 4 is 64.1 Å². The predicted octanol–water partition coefficient (Wildman–Crippen LogP) is 12.7. The first-order chi connectivity index (χ1) is 23.8. The van der Waals surface area contributed by atoms with Gasteiger partial charge < -0.3 is 0 Å². The zero-order valence-corrected chi connectivity index (χ0v) is 26.8. The second kappa shape index (κ2) is 10.8. The molecule has 0 aliphatic heterocycles. The fraction of sp³-hybridized carbons (Fsp3) is 0. The lowest BCUT2D eigenvalue weighted by Crippen LogP contribution is -1.97. The highest BCUT2D eigenvalue weighted by Gasteiger charge is 2.21. The third-order valence-corrected chi connectivity index (χ3v) is 10.7. The molecule has 0 fully saturated rings. The maximum atomic E-state index is 5.19. The molecule has 8 aromatic carbocycles. The molecule has 2 heterocycles. The molecule has 2 aromatic heterocycles. The van der Waals surface area contributed by atoms with E-state index in [0.717, 1.165) is 28.1 Å². The van der Waals surface area contributed by atoms with Crippen molar-refractivity contribution in [2.45, 2.75) is 0 Å². The Kier molecular flexibility index (Phi) is 6.08. The van der Waals surface area contributed by atoms with Crippen LogP contribution in [0.5, 0.6) is 0 Å². The second-order valence-corrected chi connectivity index (χ2v) is 13.4. The van der Waals surface area contributed by atoms with Crippen LogP contribution in [0.4, 0.5) is 0 Å². The van der Waals surface area contributed by atoms with Gasteiger partial charge in [-0.2, -0.15) is 0 Å². The molecule has 0 aliphatic carbocycles. The predicted molar refractivity (Wildman–Crippen MR) is 205 cm³/mol. The third-order valence-electron chi connectivity index (χ3n) is 9.59. The van der Waals surface area contributed by atoms with E-state index in [1.165, 1.54) is 64.0 Å². The van der Waals surface area contributed by atoms with Gasteiger partial charge in [-0.25, -0.2) is 4.98 Å². The summed E-state index contributed by atoms with van der Waals surface area (Å²) < 4.78 is 4.92. The van der Waals surface area contributed by atoms with Crippen LogP contribution >= 0.6 is 11.3 Å². The lowest BCUT2D eigenvalue weighted by molar-refractivity contribution is 1.10. The molecule has 0 atom stereocenters. The molecule has 2 nitrogen and oxygen atoms in total. The van der Waals surface area contributed by atoms with E-state index in [4.69, 9.17) is 4.98 Å². The van der Waals surface area contributed by atoms with Crippen LogP contribution in [-0.2, 0) is 0 Å².